The molecular weight excluding hydrogens is 420 g/mol. The molecule has 0 aliphatic carbocycles. The van der Waals surface area contributed by atoms with Gasteiger partial charge in [0, 0.05) is 17.7 Å². The number of benzene rings is 1. The maximum absolute atomic E-state index is 11.2. The van der Waals surface area contributed by atoms with Crippen molar-refractivity contribution >= 4 is 11.8 Å². The Bertz CT molecular complexity index is 967. The lowest BCUT2D eigenvalue weighted by molar-refractivity contribution is -0.0710. The highest BCUT2D eigenvalue weighted by Crippen LogP contribution is 2.45. The first-order valence-electron chi connectivity index (χ1n) is 11.5. The maximum atomic E-state index is 11.2. The number of hydrogen-bond donors (Lipinski definition) is 2. The lowest BCUT2D eigenvalue weighted by Crippen LogP contribution is -2.44. The molecule has 1 aromatic carbocycles. The molecule has 5 heteroatoms. The van der Waals surface area contributed by atoms with E-state index in [4.69, 9.17) is 9.15 Å². The summed E-state index contributed by atoms with van der Waals surface area (Å²) in [6.07, 6.45) is 5.06. The van der Waals surface area contributed by atoms with Crippen LogP contribution >= 0.6 is 11.8 Å². The molecule has 0 saturated carbocycles. The zero-order chi connectivity index (χ0) is 23.7. The fourth-order valence-corrected chi connectivity index (χ4v) is 5.60. The molecule has 1 aliphatic heterocycles. The van der Waals surface area contributed by atoms with E-state index in [1.807, 2.05) is 13.0 Å². The summed E-state index contributed by atoms with van der Waals surface area (Å²) in [5.74, 6) is 1.24. The van der Waals surface area contributed by atoms with E-state index < -0.39 is 11.7 Å². The van der Waals surface area contributed by atoms with Gasteiger partial charge in [0.1, 0.15) is 11.4 Å². The van der Waals surface area contributed by atoms with Crippen molar-refractivity contribution in [3.05, 3.63) is 63.6 Å². The summed E-state index contributed by atoms with van der Waals surface area (Å²) in [5.41, 5.74) is 3.82. The summed E-state index contributed by atoms with van der Waals surface area (Å²) in [5, 5.41) is 20.9. The van der Waals surface area contributed by atoms with Crippen molar-refractivity contribution in [2.24, 2.45) is 5.92 Å². The van der Waals surface area contributed by atoms with Crippen LogP contribution < -0.4 is 0 Å². The van der Waals surface area contributed by atoms with Crippen molar-refractivity contribution in [1.29, 1.82) is 0 Å². The topological polar surface area (TPSA) is 62.8 Å². The van der Waals surface area contributed by atoms with E-state index >= 15 is 0 Å². The van der Waals surface area contributed by atoms with Gasteiger partial charge in [-0.1, -0.05) is 52.4 Å². The van der Waals surface area contributed by atoms with E-state index in [2.05, 4.69) is 53.7 Å². The molecule has 32 heavy (non-hydrogen) atoms. The second-order valence-electron chi connectivity index (χ2n) is 10.4. The number of aryl methyl sites for hydroxylation is 3. The van der Waals surface area contributed by atoms with Crippen molar-refractivity contribution in [3.63, 3.8) is 0 Å². The van der Waals surface area contributed by atoms with Crippen LogP contribution in [0.15, 0.2) is 44.9 Å². The van der Waals surface area contributed by atoms with Gasteiger partial charge in [-0.15, -0.1) is 0 Å². The van der Waals surface area contributed by atoms with Crippen molar-refractivity contribution < 1.29 is 19.4 Å². The van der Waals surface area contributed by atoms with E-state index in [9.17, 15) is 10.2 Å². The van der Waals surface area contributed by atoms with Gasteiger partial charge in [0.2, 0.25) is 0 Å². The minimum Gasteiger partial charge on any atom is -0.494 e. The molecule has 0 fully saturated rings. The second kappa shape index (κ2) is 9.66. The third-order valence-corrected chi connectivity index (χ3v) is 7.88. The summed E-state index contributed by atoms with van der Waals surface area (Å²) in [7, 11) is 0. The Balaban J connectivity index is 1.85. The van der Waals surface area contributed by atoms with Crippen LogP contribution in [0.2, 0.25) is 0 Å². The molecule has 0 amide bonds. The third-order valence-electron chi connectivity index (χ3n) is 6.72. The minimum absolute atomic E-state index is 0.0281. The molecular formula is C27H38O4S. The van der Waals surface area contributed by atoms with E-state index in [1.54, 1.807) is 24.3 Å². The quantitative estimate of drug-likeness (QED) is 0.501. The number of thioether (sulfide) groups is 1. The first-order valence-corrected chi connectivity index (χ1v) is 12.3. The van der Waals surface area contributed by atoms with Crippen LogP contribution in [-0.4, -0.2) is 21.9 Å². The Morgan fingerprint density at radius 3 is 2.44 bits per heavy atom. The first-order chi connectivity index (χ1) is 15.0. The van der Waals surface area contributed by atoms with Gasteiger partial charge in [0.15, 0.2) is 0 Å². The molecule has 4 nitrogen and oxygen atoms in total. The van der Waals surface area contributed by atoms with E-state index in [-0.39, 0.29) is 17.9 Å². The smallest absolute Gasteiger partial charge is 0.114 e. The molecule has 3 rings (SSSR count). The van der Waals surface area contributed by atoms with E-state index in [0.29, 0.717) is 6.42 Å². The Labute approximate surface area is 197 Å². The van der Waals surface area contributed by atoms with Crippen LogP contribution in [0.1, 0.15) is 75.5 Å². The normalized spacial score (nSPS) is 21.6. The lowest BCUT2D eigenvalue weighted by Gasteiger charge is -2.42. The van der Waals surface area contributed by atoms with Crippen LogP contribution in [-0.2, 0) is 23.2 Å². The minimum atomic E-state index is -0.584. The van der Waals surface area contributed by atoms with Crippen molar-refractivity contribution in [1.82, 2.24) is 0 Å². The Morgan fingerprint density at radius 2 is 1.91 bits per heavy atom. The largest absolute Gasteiger partial charge is 0.494 e. The Kier molecular flexibility index (Phi) is 7.53. The lowest BCUT2D eigenvalue weighted by atomic mass is 9.79. The SMILES string of the molecule is Cc1cc(SC2=COC(CCc3occc3C)(C(C)C)CC2O)c(C(C)(C)C)cc1CO. The van der Waals surface area contributed by atoms with Crippen LogP contribution in [0, 0.1) is 19.8 Å². The molecule has 0 bridgehead atoms. The highest BCUT2D eigenvalue weighted by Gasteiger charge is 2.41. The van der Waals surface area contributed by atoms with Crippen LogP contribution in [0.4, 0.5) is 0 Å². The number of aliphatic hydroxyl groups is 2. The molecule has 1 aliphatic rings. The van der Waals surface area contributed by atoms with Gasteiger partial charge >= 0.3 is 0 Å². The van der Waals surface area contributed by atoms with Crippen molar-refractivity contribution in [2.45, 2.75) is 96.4 Å². The summed E-state index contributed by atoms with van der Waals surface area (Å²) in [6, 6.07) is 6.20. The molecule has 176 valence electrons. The van der Waals surface area contributed by atoms with Gasteiger partial charge in [-0.3, -0.25) is 0 Å². The average Bonchev–Trinajstić information content (AvgIpc) is 3.12. The van der Waals surface area contributed by atoms with Gasteiger partial charge < -0.3 is 19.4 Å². The summed E-state index contributed by atoms with van der Waals surface area (Å²) >= 11 is 1.58. The molecule has 0 spiro atoms. The first kappa shape index (κ1) is 24.9. The van der Waals surface area contributed by atoms with Crippen LogP contribution in [0.25, 0.3) is 0 Å². The summed E-state index contributed by atoms with van der Waals surface area (Å²) in [6.45, 7) is 14.9. The van der Waals surface area contributed by atoms with Crippen molar-refractivity contribution in [2.75, 3.05) is 0 Å². The zero-order valence-electron chi connectivity index (χ0n) is 20.5. The molecule has 0 radical (unpaired) electrons. The van der Waals surface area contributed by atoms with Gasteiger partial charge in [-0.25, -0.2) is 0 Å². The highest BCUT2D eigenvalue weighted by atomic mass is 32.2. The molecule has 2 unspecified atom stereocenters. The van der Waals surface area contributed by atoms with E-state index in [0.717, 1.165) is 45.1 Å². The molecule has 2 heterocycles. The molecule has 1 aromatic heterocycles. The predicted molar refractivity (Wildman–Crippen MR) is 131 cm³/mol. The second-order valence-corrected chi connectivity index (χ2v) is 11.5. The van der Waals surface area contributed by atoms with Gasteiger partial charge in [0.25, 0.3) is 0 Å². The molecule has 2 N–H and O–H groups in total. The third kappa shape index (κ3) is 5.27. The monoisotopic (exact) mass is 458 g/mol. The molecule has 2 atom stereocenters. The Hall–Kier alpha value is -1.69. The van der Waals surface area contributed by atoms with Gasteiger partial charge in [-0.05, 0) is 66.0 Å². The van der Waals surface area contributed by atoms with Gasteiger partial charge in [-0.2, -0.15) is 0 Å². The molecule has 2 aromatic rings. The average molecular weight is 459 g/mol. The Morgan fingerprint density at radius 1 is 1.19 bits per heavy atom. The fraction of sp³-hybridized carbons (Fsp3) is 0.556. The summed E-state index contributed by atoms with van der Waals surface area (Å²) < 4.78 is 12.0. The number of hydrogen-bond acceptors (Lipinski definition) is 5. The summed E-state index contributed by atoms with van der Waals surface area (Å²) in [4.78, 5) is 1.93. The van der Waals surface area contributed by atoms with Crippen LogP contribution in [0.5, 0.6) is 0 Å². The number of rotatable bonds is 7. The van der Waals surface area contributed by atoms with Crippen LogP contribution in [0.3, 0.4) is 0 Å². The zero-order valence-corrected chi connectivity index (χ0v) is 21.3. The van der Waals surface area contributed by atoms with Crippen molar-refractivity contribution in [3.8, 4) is 0 Å². The maximum Gasteiger partial charge on any atom is 0.114 e. The molecule has 0 saturated heterocycles. The predicted octanol–water partition coefficient (Wildman–Crippen LogP) is 6.43. The van der Waals surface area contributed by atoms with Gasteiger partial charge in [0.05, 0.1) is 30.1 Å². The number of furan rings is 1. The fourth-order valence-electron chi connectivity index (χ4n) is 4.32. The van der Waals surface area contributed by atoms with E-state index in [1.165, 1.54) is 5.56 Å². The number of ether oxygens (including phenoxy) is 1. The highest BCUT2D eigenvalue weighted by molar-refractivity contribution is 8.03. The number of aliphatic hydroxyl groups excluding tert-OH is 2. The standard InChI is InChI=1S/C27H38O4S/c1-17(2)27(10-8-23-18(3)9-11-30-23)14-22(29)25(16-31-27)32-24-12-19(4)20(15-28)13-21(24)26(5,6)7/h9,11-13,16-17,22,28-29H,8,10,14-15H2,1-7H3.